The van der Waals surface area contributed by atoms with E-state index in [1.54, 1.807) is 17.4 Å². The molecule has 0 saturated carbocycles. The van der Waals surface area contributed by atoms with Crippen molar-refractivity contribution in [3.63, 3.8) is 0 Å². The van der Waals surface area contributed by atoms with Crippen molar-refractivity contribution >= 4 is 28.1 Å². The summed E-state index contributed by atoms with van der Waals surface area (Å²) in [6, 6.07) is 9.74. The molecule has 0 aliphatic carbocycles. The largest absolute Gasteiger partial charge is 0.378 e. The van der Waals surface area contributed by atoms with E-state index in [9.17, 15) is 9.59 Å². The minimum atomic E-state index is -0.638. The van der Waals surface area contributed by atoms with Crippen LogP contribution in [0, 0.1) is 0 Å². The number of hydrogen-bond acceptors (Lipinski definition) is 4. The predicted molar refractivity (Wildman–Crippen MR) is 81.5 cm³/mol. The highest BCUT2D eigenvalue weighted by molar-refractivity contribution is 7.10. The fraction of sp³-hybridized carbons (Fsp3) is 0.143. The number of H-pyrrole nitrogens is 2. The first-order valence-electron chi connectivity index (χ1n) is 6.20. The quantitative estimate of drug-likeness (QED) is 0.647. The number of hydrogen-bond donors (Lipinski definition) is 3. The van der Waals surface area contributed by atoms with Gasteiger partial charge in [0.15, 0.2) is 0 Å². The summed E-state index contributed by atoms with van der Waals surface area (Å²) in [6.07, 6.45) is 0. The van der Waals surface area contributed by atoms with Gasteiger partial charge in [0.05, 0.1) is 17.1 Å². The molecule has 0 bridgehead atoms. The van der Waals surface area contributed by atoms with Crippen LogP contribution in [0.1, 0.15) is 17.8 Å². The van der Waals surface area contributed by atoms with Gasteiger partial charge in [-0.25, -0.2) is 0 Å². The number of nitrogens with one attached hydrogen (secondary N) is 3. The van der Waals surface area contributed by atoms with E-state index in [0.29, 0.717) is 11.0 Å². The normalized spacial score (nSPS) is 12.4. The summed E-state index contributed by atoms with van der Waals surface area (Å²) in [7, 11) is 0. The SMILES string of the molecule is CC(Nc1ccc2[nH]c(=O)c(=O)[nH]c2c1)c1cccs1. The lowest BCUT2D eigenvalue weighted by molar-refractivity contribution is 0.908. The Morgan fingerprint density at radius 1 is 1.10 bits per heavy atom. The second-order valence-electron chi connectivity index (χ2n) is 4.55. The Labute approximate surface area is 118 Å². The molecule has 0 saturated heterocycles. The van der Waals surface area contributed by atoms with Crippen molar-refractivity contribution in [1.82, 2.24) is 9.97 Å². The molecular weight excluding hydrogens is 274 g/mol. The Balaban J connectivity index is 1.95. The van der Waals surface area contributed by atoms with Gasteiger partial charge in [-0.2, -0.15) is 0 Å². The highest BCUT2D eigenvalue weighted by atomic mass is 32.1. The first kappa shape index (κ1) is 12.7. The fourth-order valence-corrected chi connectivity index (χ4v) is 2.80. The average molecular weight is 287 g/mol. The van der Waals surface area contributed by atoms with Gasteiger partial charge in [-0.1, -0.05) is 6.07 Å². The number of fused-ring (bicyclic) bond motifs is 1. The van der Waals surface area contributed by atoms with E-state index in [0.717, 1.165) is 5.69 Å². The summed E-state index contributed by atoms with van der Waals surface area (Å²) in [5.74, 6) is 0. The molecule has 5 nitrogen and oxygen atoms in total. The Bertz CT molecular complexity index is 849. The summed E-state index contributed by atoms with van der Waals surface area (Å²) in [5, 5.41) is 5.40. The van der Waals surface area contributed by atoms with Gasteiger partial charge in [-0.15, -0.1) is 11.3 Å². The maximum Gasteiger partial charge on any atom is 0.314 e. The molecule has 2 aromatic heterocycles. The summed E-state index contributed by atoms with van der Waals surface area (Å²) < 4.78 is 0. The van der Waals surface area contributed by atoms with Crippen molar-refractivity contribution in [2.75, 3.05) is 5.32 Å². The number of aromatic amines is 2. The smallest absolute Gasteiger partial charge is 0.314 e. The third-order valence-electron chi connectivity index (χ3n) is 3.08. The number of anilines is 1. The molecule has 0 amide bonds. The first-order chi connectivity index (χ1) is 9.63. The highest BCUT2D eigenvalue weighted by Gasteiger charge is 2.07. The van der Waals surface area contributed by atoms with Crippen molar-refractivity contribution in [1.29, 1.82) is 0 Å². The molecule has 0 spiro atoms. The lowest BCUT2D eigenvalue weighted by Gasteiger charge is -2.14. The number of rotatable bonds is 3. The van der Waals surface area contributed by atoms with Crippen molar-refractivity contribution < 1.29 is 0 Å². The molecule has 3 N–H and O–H groups in total. The van der Waals surface area contributed by atoms with Crippen molar-refractivity contribution in [3.05, 3.63) is 61.3 Å². The topological polar surface area (TPSA) is 77.8 Å². The lowest BCUT2D eigenvalue weighted by Crippen LogP contribution is -2.28. The molecule has 6 heteroatoms. The molecule has 3 aromatic rings. The van der Waals surface area contributed by atoms with Crippen molar-refractivity contribution in [2.24, 2.45) is 0 Å². The third-order valence-corrected chi connectivity index (χ3v) is 4.13. The summed E-state index contributed by atoms with van der Waals surface area (Å²) in [5.41, 5.74) is 0.842. The standard InChI is InChI=1S/C14H13N3O2S/c1-8(12-3-2-6-20-12)15-9-4-5-10-11(7-9)17-14(19)13(18)16-10/h2-8,15H,1H3,(H,16,18)(H,17,19). The van der Waals surface area contributed by atoms with Crippen LogP contribution in [0.4, 0.5) is 5.69 Å². The van der Waals surface area contributed by atoms with Crippen LogP contribution >= 0.6 is 11.3 Å². The number of aromatic nitrogens is 2. The van der Waals surface area contributed by atoms with Gasteiger partial charge in [0.2, 0.25) is 0 Å². The van der Waals surface area contributed by atoms with Crippen LogP contribution in [0.25, 0.3) is 11.0 Å². The van der Waals surface area contributed by atoms with E-state index in [-0.39, 0.29) is 6.04 Å². The van der Waals surface area contributed by atoms with Gasteiger partial charge in [-0.3, -0.25) is 9.59 Å². The van der Waals surface area contributed by atoms with Crippen LogP contribution in [0.2, 0.25) is 0 Å². The Morgan fingerprint density at radius 2 is 1.85 bits per heavy atom. The van der Waals surface area contributed by atoms with Crippen LogP contribution in [-0.4, -0.2) is 9.97 Å². The zero-order chi connectivity index (χ0) is 14.1. The van der Waals surface area contributed by atoms with Crippen LogP contribution in [-0.2, 0) is 0 Å². The van der Waals surface area contributed by atoms with Gasteiger partial charge < -0.3 is 15.3 Å². The Hall–Kier alpha value is -2.34. The molecule has 20 heavy (non-hydrogen) atoms. The molecule has 1 aromatic carbocycles. The minimum Gasteiger partial charge on any atom is -0.378 e. The first-order valence-corrected chi connectivity index (χ1v) is 7.08. The van der Waals surface area contributed by atoms with Crippen LogP contribution in [0.15, 0.2) is 45.3 Å². The zero-order valence-electron chi connectivity index (χ0n) is 10.8. The second kappa shape index (κ2) is 4.97. The van der Waals surface area contributed by atoms with Gasteiger partial charge in [0, 0.05) is 10.6 Å². The van der Waals surface area contributed by atoms with Gasteiger partial charge in [0.25, 0.3) is 0 Å². The van der Waals surface area contributed by atoms with Gasteiger partial charge in [-0.05, 0) is 36.6 Å². The zero-order valence-corrected chi connectivity index (χ0v) is 11.6. The third kappa shape index (κ3) is 2.37. The number of thiophene rings is 1. The molecule has 1 unspecified atom stereocenters. The molecule has 0 aliphatic heterocycles. The van der Waals surface area contributed by atoms with Crippen LogP contribution in [0.5, 0.6) is 0 Å². The summed E-state index contributed by atoms with van der Waals surface area (Å²) in [6.45, 7) is 2.08. The molecule has 2 heterocycles. The van der Waals surface area contributed by atoms with Gasteiger partial charge in [0.1, 0.15) is 0 Å². The lowest BCUT2D eigenvalue weighted by atomic mass is 10.2. The van der Waals surface area contributed by atoms with E-state index in [1.807, 2.05) is 23.6 Å². The molecule has 0 aliphatic rings. The number of benzene rings is 1. The minimum absolute atomic E-state index is 0.182. The van der Waals surface area contributed by atoms with E-state index in [4.69, 9.17) is 0 Å². The molecule has 1 atom stereocenters. The van der Waals surface area contributed by atoms with Gasteiger partial charge >= 0.3 is 11.1 Å². The predicted octanol–water partition coefficient (Wildman–Crippen LogP) is 2.45. The molecular formula is C14H13N3O2S. The van der Waals surface area contributed by atoms with Crippen molar-refractivity contribution in [2.45, 2.75) is 13.0 Å². The monoisotopic (exact) mass is 287 g/mol. The van der Waals surface area contributed by atoms with E-state index in [2.05, 4.69) is 28.3 Å². The molecule has 0 radical (unpaired) electrons. The second-order valence-corrected chi connectivity index (χ2v) is 5.53. The Kier molecular flexibility index (Phi) is 3.15. The maximum atomic E-state index is 11.3. The molecule has 3 rings (SSSR count). The fourth-order valence-electron chi connectivity index (χ4n) is 2.06. The van der Waals surface area contributed by atoms with E-state index in [1.165, 1.54) is 4.88 Å². The van der Waals surface area contributed by atoms with Crippen LogP contribution < -0.4 is 16.4 Å². The van der Waals surface area contributed by atoms with E-state index >= 15 is 0 Å². The summed E-state index contributed by atoms with van der Waals surface area (Å²) >= 11 is 1.69. The maximum absolute atomic E-state index is 11.3. The summed E-state index contributed by atoms with van der Waals surface area (Å²) in [4.78, 5) is 28.9. The van der Waals surface area contributed by atoms with Crippen LogP contribution in [0.3, 0.4) is 0 Å². The average Bonchev–Trinajstić information content (AvgIpc) is 2.94. The Morgan fingerprint density at radius 3 is 2.55 bits per heavy atom. The highest BCUT2D eigenvalue weighted by Crippen LogP contribution is 2.24. The van der Waals surface area contributed by atoms with E-state index < -0.39 is 11.1 Å². The molecule has 102 valence electrons. The van der Waals surface area contributed by atoms with Crippen molar-refractivity contribution in [3.8, 4) is 0 Å². The molecule has 0 fully saturated rings.